The molecule has 0 aliphatic carbocycles. The lowest BCUT2D eigenvalue weighted by molar-refractivity contribution is 1.05. The summed E-state index contributed by atoms with van der Waals surface area (Å²) < 4.78 is 1.05. The van der Waals surface area contributed by atoms with Gasteiger partial charge in [0.25, 0.3) is 0 Å². The van der Waals surface area contributed by atoms with Gasteiger partial charge in [-0.25, -0.2) is 0 Å². The summed E-state index contributed by atoms with van der Waals surface area (Å²) >= 11 is 9.32. The van der Waals surface area contributed by atoms with E-state index in [-0.39, 0.29) is 5.28 Å². The molecule has 3 aromatic rings. The van der Waals surface area contributed by atoms with E-state index >= 15 is 0 Å². The Hall–Kier alpha value is -1.92. The largest absolute Gasteiger partial charge is 0.357 e. The van der Waals surface area contributed by atoms with Crippen LogP contribution in [0.5, 0.6) is 0 Å². The fourth-order valence-corrected chi connectivity index (χ4v) is 2.48. The average molecular weight is 365 g/mol. The molecule has 0 fully saturated rings. The number of anilines is 3. The van der Waals surface area contributed by atoms with Gasteiger partial charge in [-0.3, -0.25) is 0 Å². The van der Waals surface area contributed by atoms with Crippen molar-refractivity contribution in [2.45, 2.75) is 0 Å². The summed E-state index contributed by atoms with van der Waals surface area (Å²) in [5.74, 6) is 0.818. The second-order valence-corrected chi connectivity index (χ2v) is 5.59. The number of rotatable bonds is 3. The maximum atomic E-state index is 5.86. The van der Waals surface area contributed by atoms with Crippen LogP contribution in [0.3, 0.4) is 0 Å². The minimum absolute atomic E-state index is 0.140. The number of hydrogen-bond acceptors (Lipinski definition) is 5. The second kappa shape index (κ2) is 5.83. The van der Waals surface area contributed by atoms with Crippen LogP contribution in [0.15, 0.2) is 40.9 Å². The summed E-state index contributed by atoms with van der Waals surface area (Å²) in [7, 11) is 1.73. The van der Waals surface area contributed by atoms with Crippen molar-refractivity contribution in [2.24, 2.45) is 0 Å². The molecule has 2 aromatic carbocycles. The van der Waals surface area contributed by atoms with Gasteiger partial charge in [-0.2, -0.15) is 15.0 Å². The minimum Gasteiger partial charge on any atom is -0.357 e. The van der Waals surface area contributed by atoms with Gasteiger partial charge in [0.1, 0.15) is 0 Å². The molecule has 106 valence electrons. The highest BCUT2D eigenvalue weighted by Gasteiger charge is 2.05. The van der Waals surface area contributed by atoms with Crippen molar-refractivity contribution in [2.75, 3.05) is 17.7 Å². The van der Waals surface area contributed by atoms with Crippen molar-refractivity contribution in [3.8, 4) is 0 Å². The molecule has 0 aliphatic heterocycles. The van der Waals surface area contributed by atoms with Crippen LogP contribution < -0.4 is 10.6 Å². The second-order valence-electron chi connectivity index (χ2n) is 4.33. The van der Waals surface area contributed by atoms with Crippen LogP contribution in [0.1, 0.15) is 0 Å². The number of halogens is 2. The molecule has 5 nitrogen and oxygen atoms in total. The third-order valence-corrected chi connectivity index (χ3v) is 3.55. The predicted octanol–water partition coefficient (Wildman–Crippen LogP) is 4.23. The monoisotopic (exact) mass is 363 g/mol. The molecular weight excluding hydrogens is 354 g/mol. The van der Waals surface area contributed by atoms with Gasteiger partial charge < -0.3 is 10.6 Å². The molecule has 0 atom stereocenters. The molecule has 0 spiro atoms. The standard InChI is InChI=1S/C14H11BrClN5/c1-17-13-19-12(16)20-14(21-13)18-11-5-3-8-6-10(15)4-2-9(8)7-11/h2-7H,1H3,(H2,17,18,19,20,21). The molecule has 21 heavy (non-hydrogen) atoms. The van der Waals surface area contributed by atoms with E-state index in [4.69, 9.17) is 11.6 Å². The van der Waals surface area contributed by atoms with Crippen LogP contribution in [0.25, 0.3) is 10.8 Å². The Morgan fingerprint density at radius 1 is 0.952 bits per heavy atom. The van der Waals surface area contributed by atoms with Crippen molar-refractivity contribution in [3.63, 3.8) is 0 Å². The molecule has 0 unspecified atom stereocenters. The zero-order valence-corrected chi connectivity index (χ0v) is 13.4. The van der Waals surface area contributed by atoms with E-state index < -0.39 is 0 Å². The first-order valence-corrected chi connectivity index (χ1v) is 7.37. The summed E-state index contributed by atoms with van der Waals surface area (Å²) in [5.41, 5.74) is 0.883. The van der Waals surface area contributed by atoms with E-state index in [1.807, 2.05) is 30.3 Å². The molecule has 0 radical (unpaired) electrons. The van der Waals surface area contributed by atoms with Crippen LogP contribution in [0, 0.1) is 0 Å². The molecule has 2 N–H and O–H groups in total. The van der Waals surface area contributed by atoms with Crippen molar-refractivity contribution < 1.29 is 0 Å². The van der Waals surface area contributed by atoms with Crippen molar-refractivity contribution >= 4 is 55.9 Å². The van der Waals surface area contributed by atoms with Gasteiger partial charge in [-0.1, -0.05) is 28.1 Å². The van der Waals surface area contributed by atoms with Gasteiger partial charge in [0.05, 0.1) is 0 Å². The molecule has 3 rings (SSSR count). The summed E-state index contributed by atoms with van der Waals surface area (Å²) in [6.45, 7) is 0. The van der Waals surface area contributed by atoms with E-state index in [0.717, 1.165) is 20.9 Å². The molecule has 1 heterocycles. The minimum atomic E-state index is 0.140. The Morgan fingerprint density at radius 3 is 2.48 bits per heavy atom. The quantitative estimate of drug-likeness (QED) is 0.728. The summed E-state index contributed by atoms with van der Waals surface area (Å²) in [6, 6.07) is 12.1. The van der Waals surface area contributed by atoms with Crippen LogP contribution in [0.2, 0.25) is 5.28 Å². The molecule has 0 bridgehead atoms. The zero-order chi connectivity index (χ0) is 14.8. The van der Waals surface area contributed by atoms with Crippen molar-refractivity contribution in [1.82, 2.24) is 15.0 Å². The fourth-order valence-electron chi connectivity index (χ4n) is 1.94. The Morgan fingerprint density at radius 2 is 1.67 bits per heavy atom. The van der Waals surface area contributed by atoms with E-state index in [9.17, 15) is 0 Å². The normalized spacial score (nSPS) is 10.6. The van der Waals surface area contributed by atoms with Crippen LogP contribution >= 0.6 is 27.5 Å². The summed E-state index contributed by atoms with van der Waals surface area (Å²) in [6.07, 6.45) is 0. The smallest absolute Gasteiger partial charge is 0.233 e. The molecule has 0 saturated heterocycles. The Balaban J connectivity index is 1.94. The van der Waals surface area contributed by atoms with Gasteiger partial charge in [0, 0.05) is 17.2 Å². The number of aromatic nitrogens is 3. The van der Waals surface area contributed by atoms with E-state index in [0.29, 0.717) is 11.9 Å². The Bertz CT molecular complexity index is 808. The average Bonchev–Trinajstić information content (AvgIpc) is 2.47. The molecule has 0 aliphatic rings. The fraction of sp³-hybridized carbons (Fsp3) is 0.0714. The van der Waals surface area contributed by atoms with Crippen molar-refractivity contribution in [1.29, 1.82) is 0 Å². The number of hydrogen-bond donors (Lipinski definition) is 2. The molecule has 7 heteroatoms. The van der Waals surface area contributed by atoms with Gasteiger partial charge in [0.15, 0.2) is 0 Å². The Labute approximate surface area is 134 Å². The summed E-state index contributed by atoms with van der Waals surface area (Å²) in [4.78, 5) is 12.2. The number of nitrogens with zero attached hydrogens (tertiary/aromatic N) is 3. The first kappa shape index (κ1) is 14.0. The first-order valence-electron chi connectivity index (χ1n) is 6.20. The summed E-state index contributed by atoms with van der Waals surface area (Å²) in [5, 5.41) is 8.38. The lowest BCUT2D eigenvalue weighted by atomic mass is 10.1. The molecule has 0 saturated carbocycles. The van der Waals surface area contributed by atoms with Gasteiger partial charge >= 0.3 is 0 Å². The Kier molecular flexibility index (Phi) is 3.90. The third kappa shape index (κ3) is 3.22. The van der Waals surface area contributed by atoms with Gasteiger partial charge in [-0.05, 0) is 46.6 Å². The van der Waals surface area contributed by atoms with Gasteiger partial charge in [0.2, 0.25) is 17.2 Å². The van der Waals surface area contributed by atoms with E-state index in [1.54, 1.807) is 7.05 Å². The maximum Gasteiger partial charge on any atom is 0.233 e. The number of fused-ring (bicyclic) bond motifs is 1. The predicted molar refractivity (Wildman–Crippen MR) is 89.3 cm³/mol. The van der Waals surface area contributed by atoms with E-state index in [2.05, 4.69) is 47.6 Å². The van der Waals surface area contributed by atoms with E-state index in [1.165, 1.54) is 0 Å². The highest BCUT2D eigenvalue weighted by atomic mass is 79.9. The van der Waals surface area contributed by atoms with Crippen LogP contribution in [0.4, 0.5) is 17.6 Å². The van der Waals surface area contributed by atoms with Gasteiger partial charge in [-0.15, -0.1) is 0 Å². The third-order valence-electron chi connectivity index (χ3n) is 2.89. The first-order chi connectivity index (χ1) is 10.1. The highest BCUT2D eigenvalue weighted by molar-refractivity contribution is 9.10. The SMILES string of the molecule is CNc1nc(Cl)nc(Nc2ccc3cc(Br)ccc3c2)n1. The zero-order valence-electron chi connectivity index (χ0n) is 11.1. The highest BCUT2D eigenvalue weighted by Crippen LogP contribution is 2.24. The topological polar surface area (TPSA) is 62.7 Å². The molecular formula is C14H11BrClN5. The van der Waals surface area contributed by atoms with Crippen molar-refractivity contribution in [3.05, 3.63) is 46.2 Å². The number of benzene rings is 2. The van der Waals surface area contributed by atoms with Crippen LogP contribution in [-0.2, 0) is 0 Å². The van der Waals surface area contributed by atoms with Crippen LogP contribution in [-0.4, -0.2) is 22.0 Å². The maximum absolute atomic E-state index is 5.86. The molecule has 1 aromatic heterocycles. The molecule has 0 amide bonds. The lowest BCUT2D eigenvalue weighted by Gasteiger charge is -2.08. The number of nitrogens with one attached hydrogen (secondary N) is 2. The lowest BCUT2D eigenvalue weighted by Crippen LogP contribution is -2.03.